The van der Waals surface area contributed by atoms with Gasteiger partial charge in [0.1, 0.15) is 5.82 Å². The normalized spacial score (nSPS) is 10.0. The third kappa shape index (κ3) is 4.06. The number of halogens is 2. The molecule has 2 rings (SSSR count). The first-order chi connectivity index (χ1) is 9.15. The van der Waals surface area contributed by atoms with E-state index in [1.807, 2.05) is 30.3 Å². The van der Waals surface area contributed by atoms with Crippen molar-refractivity contribution in [1.29, 1.82) is 0 Å². The van der Waals surface area contributed by atoms with Crippen LogP contribution in [0.2, 0.25) is 0 Å². The van der Waals surface area contributed by atoms with E-state index in [9.17, 15) is 9.18 Å². The quantitative estimate of drug-likeness (QED) is 0.883. The van der Waals surface area contributed by atoms with Gasteiger partial charge in [-0.05, 0) is 39.7 Å². The van der Waals surface area contributed by atoms with Crippen molar-refractivity contribution < 1.29 is 9.18 Å². The van der Waals surface area contributed by atoms with Crippen molar-refractivity contribution in [3.63, 3.8) is 0 Å². The zero-order chi connectivity index (χ0) is 13.7. The van der Waals surface area contributed by atoms with Crippen LogP contribution in [0.4, 0.5) is 14.9 Å². The number of urea groups is 1. The third-order valence-electron chi connectivity index (χ3n) is 2.47. The molecule has 0 aromatic heterocycles. The Hall–Kier alpha value is -1.88. The number of carbonyl (C=O) groups is 1. The molecule has 0 unspecified atom stereocenters. The number of nitrogens with one attached hydrogen (secondary N) is 2. The van der Waals surface area contributed by atoms with Gasteiger partial charge in [-0.25, -0.2) is 9.18 Å². The first kappa shape index (κ1) is 13.5. The largest absolute Gasteiger partial charge is 0.334 e. The van der Waals surface area contributed by atoms with E-state index in [1.54, 1.807) is 0 Å². The third-order valence-corrected chi connectivity index (χ3v) is 3.08. The van der Waals surface area contributed by atoms with Crippen molar-refractivity contribution in [2.75, 3.05) is 5.32 Å². The van der Waals surface area contributed by atoms with Gasteiger partial charge >= 0.3 is 6.03 Å². The highest BCUT2D eigenvalue weighted by atomic mass is 79.9. The molecule has 0 bridgehead atoms. The van der Waals surface area contributed by atoms with Gasteiger partial charge in [0, 0.05) is 12.2 Å². The Labute approximate surface area is 119 Å². The number of benzene rings is 2. The van der Waals surface area contributed by atoms with E-state index in [4.69, 9.17) is 0 Å². The second-order valence-electron chi connectivity index (χ2n) is 3.92. The summed E-state index contributed by atoms with van der Waals surface area (Å²) in [7, 11) is 0. The Morgan fingerprint density at radius 1 is 1.16 bits per heavy atom. The summed E-state index contributed by atoms with van der Waals surface area (Å²) >= 11 is 3.06. The molecule has 0 fully saturated rings. The highest BCUT2D eigenvalue weighted by molar-refractivity contribution is 9.10. The van der Waals surface area contributed by atoms with E-state index in [1.165, 1.54) is 18.2 Å². The number of hydrogen-bond donors (Lipinski definition) is 2. The molecule has 5 heteroatoms. The maximum atomic E-state index is 13.0. The molecular formula is C14H12BrFN2O. The summed E-state index contributed by atoms with van der Waals surface area (Å²) in [6.45, 7) is 0.440. The number of amides is 2. The van der Waals surface area contributed by atoms with Crippen LogP contribution in [0.1, 0.15) is 5.56 Å². The van der Waals surface area contributed by atoms with Crippen LogP contribution in [0.25, 0.3) is 0 Å². The van der Waals surface area contributed by atoms with Gasteiger partial charge in [-0.3, -0.25) is 0 Å². The topological polar surface area (TPSA) is 41.1 Å². The number of hydrogen-bond acceptors (Lipinski definition) is 1. The van der Waals surface area contributed by atoms with E-state index >= 15 is 0 Å². The standard InChI is InChI=1S/C14H12BrFN2O/c15-12-8-11(6-7-13(12)16)18-14(19)17-9-10-4-2-1-3-5-10/h1-8H,9H2,(H2,17,18,19). The smallest absolute Gasteiger partial charge is 0.319 e. The van der Waals surface area contributed by atoms with Crippen LogP contribution < -0.4 is 10.6 Å². The van der Waals surface area contributed by atoms with Gasteiger partial charge in [-0.1, -0.05) is 30.3 Å². The lowest BCUT2D eigenvalue weighted by atomic mass is 10.2. The molecule has 2 N–H and O–H groups in total. The molecule has 2 aromatic carbocycles. The Kier molecular flexibility index (Phi) is 4.52. The van der Waals surface area contributed by atoms with E-state index in [2.05, 4.69) is 26.6 Å². The fourth-order valence-corrected chi connectivity index (χ4v) is 1.91. The van der Waals surface area contributed by atoms with Crippen LogP contribution in [0, 0.1) is 5.82 Å². The molecule has 0 atom stereocenters. The summed E-state index contributed by atoms with van der Waals surface area (Å²) in [5.74, 6) is -0.366. The molecule has 0 aliphatic rings. The SMILES string of the molecule is O=C(NCc1ccccc1)Nc1ccc(F)c(Br)c1. The van der Waals surface area contributed by atoms with Crippen molar-refractivity contribution in [3.8, 4) is 0 Å². The maximum absolute atomic E-state index is 13.0. The predicted octanol–water partition coefficient (Wildman–Crippen LogP) is 3.91. The van der Waals surface area contributed by atoms with E-state index in [0.29, 0.717) is 16.7 Å². The summed E-state index contributed by atoms with van der Waals surface area (Å²) in [4.78, 5) is 11.7. The Morgan fingerprint density at radius 2 is 1.89 bits per heavy atom. The Balaban J connectivity index is 1.89. The molecule has 0 aliphatic carbocycles. The summed E-state index contributed by atoms with van der Waals surface area (Å²) < 4.78 is 13.3. The molecular weight excluding hydrogens is 311 g/mol. The zero-order valence-electron chi connectivity index (χ0n) is 9.99. The zero-order valence-corrected chi connectivity index (χ0v) is 11.6. The average molecular weight is 323 g/mol. The minimum absolute atomic E-state index is 0.313. The predicted molar refractivity (Wildman–Crippen MR) is 76.4 cm³/mol. The molecule has 98 valence electrons. The van der Waals surface area contributed by atoms with Crippen molar-refractivity contribution in [2.45, 2.75) is 6.54 Å². The highest BCUT2D eigenvalue weighted by Crippen LogP contribution is 2.19. The van der Waals surface area contributed by atoms with Crippen molar-refractivity contribution in [1.82, 2.24) is 5.32 Å². The van der Waals surface area contributed by atoms with Crippen LogP contribution in [0.15, 0.2) is 53.0 Å². The van der Waals surface area contributed by atoms with E-state index < -0.39 is 0 Å². The van der Waals surface area contributed by atoms with Gasteiger partial charge in [-0.15, -0.1) is 0 Å². The lowest BCUT2D eigenvalue weighted by Gasteiger charge is -2.08. The maximum Gasteiger partial charge on any atom is 0.319 e. The number of rotatable bonds is 3. The van der Waals surface area contributed by atoms with Crippen LogP contribution in [0.5, 0.6) is 0 Å². The van der Waals surface area contributed by atoms with Gasteiger partial charge in [0.05, 0.1) is 4.47 Å². The molecule has 19 heavy (non-hydrogen) atoms. The number of anilines is 1. The van der Waals surface area contributed by atoms with Crippen molar-refractivity contribution >= 4 is 27.6 Å². The summed E-state index contributed by atoms with van der Waals surface area (Å²) in [5, 5.41) is 5.36. The molecule has 2 aromatic rings. The molecule has 0 radical (unpaired) electrons. The minimum Gasteiger partial charge on any atom is -0.334 e. The average Bonchev–Trinajstić information content (AvgIpc) is 2.42. The van der Waals surface area contributed by atoms with Gasteiger partial charge < -0.3 is 10.6 Å². The van der Waals surface area contributed by atoms with Crippen LogP contribution in [0.3, 0.4) is 0 Å². The summed E-state index contributed by atoms with van der Waals surface area (Å²) in [5.41, 5.74) is 1.54. The Morgan fingerprint density at radius 3 is 2.58 bits per heavy atom. The van der Waals surface area contributed by atoms with Gasteiger partial charge in [-0.2, -0.15) is 0 Å². The second-order valence-corrected chi connectivity index (χ2v) is 4.78. The second kappa shape index (κ2) is 6.33. The lowest BCUT2D eigenvalue weighted by Crippen LogP contribution is -2.28. The highest BCUT2D eigenvalue weighted by Gasteiger charge is 2.04. The Bertz CT molecular complexity index is 575. The number of carbonyl (C=O) groups excluding carboxylic acids is 1. The molecule has 0 spiro atoms. The molecule has 2 amide bonds. The first-order valence-electron chi connectivity index (χ1n) is 5.69. The van der Waals surface area contributed by atoms with Gasteiger partial charge in [0.2, 0.25) is 0 Å². The van der Waals surface area contributed by atoms with Crippen LogP contribution in [-0.2, 0) is 6.54 Å². The van der Waals surface area contributed by atoms with Crippen LogP contribution in [-0.4, -0.2) is 6.03 Å². The molecule has 0 saturated carbocycles. The molecule has 3 nitrogen and oxygen atoms in total. The molecule has 0 aliphatic heterocycles. The minimum atomic E-state index is -0.366. The fraction of sp³-hybridized carbons (Fsp3) is 0.0714. The van der Waals surface area contributed by atoms with Crippen LogP contribution >= 0.6 is 15.9 Å². The van der Waals surface area contributed by atoms with E-state index in [-0.39, 0.29) is 11.8 Å². The summed E-state index contributed by atoms with van der Waals surface area (Å²) in [6, 6.07) is 13.6. The van der Waals surface area contributed by atoms with E-state index in [0.717, 1.165) is 5.56 Å². The first-order valence-corrected chi connectivity index (χ1v) is 6.48. The molecule has 0 heterocycles. The van der Waals surface area contributed by atoms with Gasteiger partial charge in [0.25, 0.3) is 0 Å². The van der Waals surface area contributed by atoms with Gasteiger partial charge in [0.15, 0.2) is 0 Å². The summed E-state index contributed by atoms with van der Waals surface area (Å²) in [6.07, 6.45) is 0. The van der Waals surface area contributed by atoms with Crippen molar-refractivity contribution in [2.24, 2.45) is 0 Å². The monoisotopic (exact) mass is 322 g/mol. The fourth-order valence-electron chi connectivity index (χ4n) is 1.53. The van der Waals surface area contributed by atoms with Crippen molar-refractivity contribution in [3.05, 3.63) is 64.4 Å². The lowest BCUT2D eigenvalue weighted by molar-refractivity contribution is 0.251. The molecule has 0 saturated heterocycles.